The lowest BCUT2D eigenvalue weighted by atomic mass is 10.2. The highest BCUT2D eigenvalue weighted by atomic mass is 35.5. The Labute approximate surface area is 110 Å². The second-order valence-electron chi connectivity index (χ2n) is 3.68. The van der Waals surface area contributed by atoms with Crippen molar-refractivity contribution in [2.75, 3.05) is 7.05 Å². The number of ether oxygens (including phenoxy) is 1. The zero-order valence-electron chi connectivity index (χ0n) is 9.78. The number of nitrogens with zero attached hydrogens (tertiary/aromatic N) is 1. The molecule has 18 heavy (non-hydrogen) atoms. The monoisotopic (exact) mass is 266 g/mol. The van der Waals surface area contributed by atoms with Crippen molar-refractivity contribution in [1.82, 2.24) is 10.3 Å². The minimum absolute atomic E-state index is 0.0509. The van der Waals surface area contributed by atoms with Gasteiger partial charge in [0.15, 0.2) is 5.82 Å². The standard InChI is InChI=1S/C13H12ClFN2O/c1-16-8-9-5-6-17-13(12(9)15)18-11-4-2-3-10(14)7-11/h2-7,16H,8H2,1H3. The van der Waals surface area contributed by atoms with Crippen molar-refractivity contribution in [3.05, 3.63) is 52.9 Å². The summed E-state index contributed by atoms with van der Waals surface area (Å²) < 4.78 is 19.4. The van der Waals surface area contributed by atoms with E-state index in [2.05, 4.69) is 10.3 Å². The molecule has 0 spiro atoms. The summed E-state index contributed by atoms with van der Waals surface area (Å²) in [6, 6.07) is 8.35. The lowest BCUT2D eigenvalue weighted by Crippen LogP contribution is -2.08. The first-order valence-corrected chi connectivity index (χ1v) is 5.80. The molecule has 1 N–H and O–H groups in total. The maximum absolute atomic E-state index is 14.0. The highest BCUT2D eigenvalue weighted by Crippen LogP contribution is 2.25. The largest absolute Gasteiger partial charge is 0.436 e. The Hall–Kier alpha value is -1.65. The summed E-state index contributed by atoms with van der Waals surface area (Å²) in [7, 11) is 1.75. The van der Waals surface area contributed by atoms with Crippen LogP contribution in [0.25, 0.3) is 0 Å². The van der Waals surface area contributed by atoms with Crippen LogP contribution < -0.4 is 10.1 Å². The summed E-state index contributed by atoms with van der Waals surface area (Å²) in [5, 5.41) is 3.41. The van der Waals surface area contributed by atoms with E-state index in [0.717, 1.165) is 0 Å². The molecule has 0 bridgehead atoms. The van der Waals surface area contributed by atoms with Crippen LogP contribution in [0.5, 0.6) is 11.6 Å². The van der Waals surface area contributed by atoms with Crippen molar-refractivity contribution in [3.8, 4) is 11.6 Å². The number of pyridine rings is 1. The van der Waals surface area contributed by atoms with E-state index in [1.54, 1.807) is 37.4 Å². The number of hydrogen-bond donors (Lipinski definition) is 1. The first-order valence-electron chi connectivity index (χ1n) is 5.42. The van der Waals surface area contributed by atoms with Crippen LogP contribution in [-0.4, -0.2) is 12.0 Å². The van der Waals surface area contributed by atoms with Gasteiger partial charge in [-0.1, -0.05) is 17.7 Å². The number of halogens is 2. The maximum Gasteiger partial charge on any atom is 0.256 e. The Kier molecular flexibility index (Phi) is 4.12. The van der Waals surface area contributed by atoms with Gasteiger partial charge in [0.1, 0.15) is 5.75 Å². The van der Waals surface area contributed by atoms with Gasteiger partial charge in [0, 0.05) is 23.3 Å². The molecule has 0 atom stereocenters. The third-order valence-electron chi connectivity index (χ3n) is 2.32. The normalized spacial score (nSPS) is 10.4. The van der Waals surface area contributed by atoms with Gasteiger partial charge in [-0.05, 0) is 31.3 Å². The average molecular weight is 267 g/mol. The minimum atomic E-state index is -0.466. The molecule has 0 fully saturated rings. The molecule has 0 unspecified atom stereocenters. The summed E-state index contributed by atoms with van der Waals surface area (Å²) >= 11 is 5.83. The number of benzene rings is 1. The smallest absolute Gasteiger partial charge is 0.256 e. The molecule has 0 aliphatic rings. The maximum atomic E-state index is 14.0. The molecular formula is C13H12ClFN2O. The summed E-state index contributed by atoms with van der Waals surface area (Å²) in [5.41, 5.74) is 0.504. The molecule has 0 aliphatic carbocycles. The molecule has 0 aliphatic heterocycles. The lowest BCUT2D eigenvalue weighted by molar-refractivity contribution is 0.418. The predicted octanol–water partition coefficient (Wildman–Crippen LogP) is 3.39. The number of rotatable bonds is 4. The molecule has 94 valence electrons. The quantitative estimate of drug-likeness (QED) is 0.921. The van der Waals surface area contributed by atoms with E-state index in [-0.39, 0.29) is 5.88 Å². The van der Waals surface area contributed by atoms with Crippen molar-refractivity contribution in [1.29, 1.82) is 0 Å². The Morgan fingerprint density at radius 3 is 2.94 bits per heavy atom. The molecule has 0 radical (unpaired) electrons. The van der Waals surface area contributed by atoms with Gasteiger partial charge in [-0.25, -0.2) is 9.37 Å². The van der Waals surface area contributed by atoms with Crippen LogP contribution in [-0.2, 0) is 6.54 Å². The molecule has 0 saturated carbocycles. The third kappa shape index (κ3) is 2.97. The van der Waals surface area contributed by atoms with Crippen LogP contribution in [0, 0.1) is 5.82 Å². The third-order valence-corrected chi connectivity index (χ3v) is 2.55. The zero-order valence-corrected chi connectivity index (χ0v) is 10.5. The van der Waals surface area contributed by atoms with Crippen molar-refractivity contribution in [2.45, 2.75) is 6.54 Å². The highest BCUT2D eigenvalue weighted by molar-refractivity contribution is 6.30. The van der Waals surface area contributed by atoms with Gasteiger partial charge in [0.25, 0.3) is 5.88 Å². The van der Waals surface area contributed by atoms with Gasteiger partial charge in [-0.3, -0.25) is 0 Å². The van der Waals surface area contributed by atoms with Gasteiger partial charge in [0.2, 0.25) is 0 Å². The summed E-state index contributed by atoms with van der Waals surface area (Å²) in [5.74, 6) is -0.0626. The molecule has 2 rings (SSSR count). The SMILES string of the molecule is CNCc1ccnc(Oc2cccc(Cl)c2)c1F. The Morgan fingerprint density at radius 2 is 2.22 bits per heavy atom. The van der Waals surface area contributed by atoms with Crippen LogP contribution in [0.3, 0.4) is 0 Å². The molecular weight excluding hydrogens is 255 g/mol. The summed E-state index contributed by atoms with van der Waals surface area (Å²) in [6.45, 7) is 0.417. The Bertz CT molecular complexity index is 548. The minimum Gasteiger partial charge on any atom is -0.436 e. The Morgan fingerprint density at radius 1 is 1.39 bits per heavy atom. The first kappa shape index (κ1) is 12.8. The van der Waals surface area contributed by atoms with Gasteiger partial charge in [-0.15, -0.1) is 0 Å². The van der Waals surface area contributed by atoms with Crippen LogP contribution in [0.15, 0.2) is 36.5 Å². The van der Waals surface area contributed by atoms with Gasteiger partial charge in [-0.2, -0.15) is 0 Å². The first-order chi connectivity index (χ1) is 8.70. The van der Waals surface area contributed by atoms with Gasteiger partial charge in [0.05, 0.1) is 0 Å². The van der Waals surface area contributed by atoms with Crippen LogP contribution in [0.1, 0.15) is 5.56 Å². The molecule has 0 amide bonds. The zero-order chi connectivity index (χ0) is 13.0. The molecule has 2 aromatic rings. The van der Waals surface area contributed by atoms with E-state index < -0.39 is 5.82 Å². The molecule has 1 aromatic heterocycles. The summed E-state index contributed by atoms with van der Waals surface area (Å²) in [6.07, 6.45) is 1.51. The van der Waals surface area contributed by atoms with E-state index in [9.17, 15) is 4.39 Å². The van der Waals surface area contributed by atoms with Crippen molar-refractivity contribution >= 4 is 11.6 Å². The Balaban J connectivity index is 2.26. The second kappa shape index (κ2) is 5.80. The molecule has 5 heteroatoms. The van der Waals surface area contributed by atoms with Gasteiger partial charge >= 0.3 is 0 Å². The number of nitrogens with one attached hydrogen (secondary N) is 1. The van der Waals surface area contributed by atoms with E-state index in [1.807, 2.05) is 0 Å². The summed E-state index contributed by atoms with van der Waals surface area (Å²) in [4.78, 5) is 3.88. The van der Waals surface area contributed by atoms with Gasteiger partial charge < -0.3 is 10.1 Å². The molecule has 1 heterocycles. The number of aromatic nitrogens is 1. The van der Waals surface area contributed by atoms with E-state index in [4.69, 9.17) is 16.3 Å². The topological polar surface area (TPSA) is 34.2 Å². The van der Waals surface area contributed by atoms with Crippen molar-refractivity contribution in [3.63, 3.8) is 0 Å². The fraction of sp³-hybridized carbons (Fsp3) is 0.154. The van der Waals surface area contributed by atoms with Crippen molar-refractivity contribution < 1.29 is 9.13 Å². The molecule has 3 nitrogen and oxygen atoms in total. The number of hydrogen-bond acceptors (Lipinski definition) is 3. The fourth-order valence-corrected chi connectivity index (χ4v) is 1.68. The van der Waals surface area contributed by atoms with E-state index in [0.29, 0.717) is 22.9 Å². The molecule has 1 aromatic carbocycles. The lowest BCUT2D eigenvalue weighted by Gasteiger charge is -2.08. The van der Waals surface area contributed by atoms with E-state index >= 15 is 0 Å². The second-order valence-corrected chi connectivity index (χ2v) is 4.12. The predicted molar refractivity (Wildman–Crippen MR) is 68.5 cm³/mol. The highest BCUT2D eigenvalue weighted by Gasteiger charge is 2.11. The van der Waals surface area contributed by atoms with E-state index in [1.165, 1.54) is 6.20 Å². The average Bonchev–Trinajstić information content (AvgIpc) is 2.35. The van der Waals surface area contributed by atoms with Crippen LogP contribution in [0.2, 0.25) is 5.02 Å². The van der Waals surface area contributed by atoms with Crippen molar-refractivity contribution in [2.24, 2.45) is 0 Å². The van der Waals surface area contributed by atoms with Crippen LogP contribution in [0.4, 0.5) is 4.39 Å². The van der Waals surface area contributed by atoms with Crippen LogP contribution >= 0.6 is 11.6 Å². The molecule has 0 saturated heterocycles. The fourth-order valence-electron chi connectivity index (χ4n) is 1.50.